The maximum absolute atomic E-state index is 12.0. The molecule has 0 bridgehead atoms. The molecule has 3 rings (SSSR count). The Kier molecular flexibility index (Phi) is 3.27. The number of benzene rings is 1. The van der Waals surface area contributed by atoms with Crippen LogP contribution in [0, 0.1) is 0 Å². The van der Waals surface area contributed by atoms with E-state index in [1.807, 2.05) is 6.92 Å². The summed E-state index contributed by atoms with van der Waals surface area (Å²) in [5, 5.41) is 0.772. The van der Waals surface area contributed by atoms with Gasteiger partial charge in [0.05, 0.1) is 0 Å². The first kappa shape index (κ1) is 13.1. The van der Waals surface area contributed by atoms with Crippen molar-refractivity contribution in [3.8, 4) is 11.6 Å². The van der Waals surface area contributed by atoms with Gasteiger partial charge >= 0.3 is 11.2 Å². The Morgan fingerprint density at radius 3 is 2.86 bits per heavy atom. The van der Waals surface area contributed by atoms with E-state index in [0.29, 0.717) is 17.9 Å². The number of aryl methyl sites for hydroxylation is 1. The number of aromatic nitrogens is 2. The number of hydrogen-bond acceptors (Lipinski definition) is 5. The average molecular weight is 284 g/mol. The lowest BCUT2D eigenvalue weighted by atomic mass is 10.2. The molecule has 0 aliphatic carbocycles. The zero-order valence-corrected chi connectivity index (χ0v) is 11.3. The lowest BCUT2D eigenvalue weighted by molar-refractivity contribution is 0.444. The highest BCUT2D eigenvalue weighted by Crippen LogP contribution is 2.22. The van der Waals surface area contributed by atoms with Crippen LogP contribution in [-0.2, 0) is 6.54 Å². The van der Waals surface area contributed by atoms with E-state index in [9.17, 15) is 9.59 Å². The van der Waals surface area contributed by atoms with Crippen molar-refractivity contribution >= 4 is 11.0 Å². The molecule has 3 aromatic rings. The van der Waals surface area contributed by atoms with E-state index in [1.165, 1.54) is 16.8 Å². The molecule has 0 spiro atoms. The summed E-state index contributed by atoms with van der Waals surface area (Å²) >= 11 is 0. The Bertz CT molecular complexity index is 911. The van der Waals surface area contributed by atoms with Gasteiger partial charge in [0.25, 0.3) is 5.88 Å². The van der Waals surface area contributed by atoms with Crippen LogP contribution in [-0.4, -0.2) is 9.55 Å². The van der Waals surface area contributed by atoms with E-state index in [0.717, 1.165) is 5.39 Å². The van der Waals surface area contributed by atoms with Crippen molar-refractivity contribution in [3.05, 3.63) is 63.5 Å². The van der Waals surface area contributed by atoms with Crippen LogP contribution in [0.5, 0.6) is 11.6 Å². The largest absolute Gasteiger partial charge is 0.435 e. The zero-order valence-electron chi connectivity index (χ0n) is 11.3. The van der Waals surface area contributed by atoms with Gasteiger partial charge < -0.3 is 13.7 Å². The molecule has 1 aromatic carbocycles. The number of nitrogens with zero attached hydrogens (tertiary/aromatic N) is 2. The van der Waals surface area contributed by atoms with Crippen LogP contribution in [0.25, 0.3) is 11.0 Å². The fourth-order valence-corrected chi connectivity index (χ4v) is 1.96. The molecular weight excluding hydrogens is 272 g/mol. The summed E-state index contributed by atoms with van der Waals surface area (Å²) in [7, 11) is 0. The summed E-state index contributed by atoms with van der Waals surface area (Å²) in [5.41, 5.74) is -0.354. The first-order chi connectivity index (χ1) is 10.2. The monoisotopic (exact) mass is 284 g/mol. The van der Waals surface area contributed by atoms with Gasteiger partial charge in [0.1, 0.15) is 11.3 Å². The standard InChI is InChI=1S/C15H12N2O4/c1-2-17-8-7-16-14(15(17)19)20-11-5-3-10-4-6-13(18)21-12(10)9-11/h3-9H,2H2,1H3. The molecule has 0 saturated heterocycles. The molecule has 0 N–H and O–H groups in total. The van der Waals surface area contributed by atoms with Crippen LogP contribution >= 0.6 is 0 Å². The smallest absolute Gasteiger partial charge is 0.336 e. The van der Waals surface area contributed by atoms with Gasteiger partial charge in [-0.25, -0.2) is 9.78 Å². The number of fused-ring (bicyclic) bond motifs is 1. The van der Waals surface area contributed by atoms with Crippen LogP contribution in [0.15, 0.2) is 56.7 Å². The van der Waals surface area contributed by atoms with Crippen LogP contribution in [0.1, 0.15) is 6.92 Å². The van der Waals surface area contributed by atoms with Gasteiger partial charge in [0.15, 0.2) is 0 Å². The highest BCUT2D eigenvalue weighted by Gasteiger charge is 2.08. The van der Waals surface area contributed by atoms with E-state index >= 15 is 0 Å². The normalized spacial score (nSPS) is 10.7. The van der Waals surface area contributed by atoms with E-state index in [2.05, 4.69) is 4.98 Å². The van der Waals surface area contributed by atoms with Gasteiger partial charge in [0, 0.05) is 36.5 Å². The Balaban J connectivity index is 2.02. The molecule has 0 fully saturated rings. The molecule has 0 amide bonds. The van der Waals surface area contributed by atoms with E-state index in [-0.39, 0.29) is 11.4 Å². The van der Waals surface area contributed by atoms with E-state index < -0.39 is 5.63 Å². The molecule has 106 valence electrons. The predicted octanol–water partition coefficient (Wildman–Crippen LogP) is 2.16. The fraction of sp³-hybridized carbons (Fsp3) is 0.133. The highest BCUT2D eigenvalue weighted by atomic mass is 16.5. The van der Waals surface area contributed by atoms with Crippen LogP contribution in [0.3, 0.4) is 0 Å². The van der Waals surface area contributed by atoms with Gasteiger partial charge in [-0.15, -0.1) is 0 Å². The Morgan fingerprint density at radius 1 is 1.24 bits per heavy atom. The minimum atomic E-state index is -0.439. The molecule has 2 aromatic heterocycles. The molecule has 2 heterocycles. The minimum absolute atomic E-state index is 0.0167. The zero-order chi connectivity index (χ0) is 14.8. The molecular formula is C15H12N2O4. The maximum Gasteiger partial charge on any atom is 0.336 e. The quantitative estimate of drug-likeness (QED) is 0.689. The van der Waals surface area contributed by atoms with Crippen molar-refractivity contribution in [2.24, 2.45) is 0 Å². The highest BCUT2D eigenvalue weighted by molar-refractivity contribution is 5.77. The van der Waals surface area contributed by atoms with E-state index in [1.54, 1.807) is 30.5 Å². The summed E-state index contributed by atoms with van der Waals surface area (Å²) in [6.07, 6.45) is 3.09. The summed E-state index contributed by atoms with van der Waals surface area (Å²) in [4.78, 5) is 27.2. The fourth-order valence-electron chi connectivity index (χ4n) is 1.96. The van der Waals surface area contributed by atoms with Crippen molar-refractivity contribution in [1.29, 1.82) is 0 Å². The maximum atomic E-state index is 12.0. The first-order valence-electron chi connectivity index (χ1n) is 6.44. The van der Waals surface area contributed by atoms with Crippen molar-refractivity contribution in [2.75, 3.05) is 0 Å². The minimum Gasteiger partial charge on any atom is -0.435 e. The lowest BCUT2D eigenvalue weighted by Gasteiger charge is -2.06. The van der Waals surface area contributed by atoms with Gasteiger partial charge in [-0.05, 0) is 25.1 Å². The lowest BCUT2D eigenvalue weighted by Crippen LogP contribution is -2.20. The average Bonchev–Trinajstić information content (AvgIpc) is 2.49. The Morgan fingerprint density at radius 2 is 2.05 bits per heavy atom. The third-order valence-corrected chi connectivity index (χ3v) is 3.03. The molecule has 6 nitrogen and oxygen atoms in total. The first-order valence-corrected chi connectivity index (χ1v) is 6.44. The molecule has 6 heteroatoms. The van der Waals surface area contributed by atoms with Gasteiger partial charge in [0.2, 0.25) is 0 Å². The van der Waals surface area contributed by atoms with Gasteiger partial charge in [-0.1, -0.05) is 0 Å². The second kappa shape index (κ2) is 5.24. The Labute approximate surface area is 119 Å². The number of rotatable bonds is 3. The van der Waals surface area contributed by atoms with Crippen molar-refractivity contribution < 1.29 is 9.15 Å². The van der Waals surface area contributed by atoms with Crippen molar-refractivity contribution in [1.82, 2.24) is 9.55 Å². The van der Waals surface area contributed by atoms with Gasteiger partial charge in [-0.3, -0.25) is 4.79 Å². The third-order valence-electron chi connectivity index (χ3n) is 3.03. The molecule has 0 radical (unpaired) electrons. The van der Waals surface area contributed by atoms with Crippen LogP contribution < -0.4 is 15.9 Å². The van der Waals surface area contributed by atoms with Crippen molar-refractivity contribution in [2.45, 2.75) is 13.5 Å². The van der Waals surface area contributed by atoms with Gasteiger partial charge in [-0.2, -0.15) is 0 Å². The predicted molar refractivity (Wildman–Crippen MR) is 76.7 cm³/mol. The second-order valence-corrected chi connectivity index (χ2v) is 4.38. The number of hydrogen-bond donors (Lipinski definition) is 0. The third kappa shape index (κ3) is 2.55. The molecule has 0 atom stereocenters. The topological polar surface area (TPSA) is 74.3 Å². The Hall–Kier alpha value is -2.89. The summed E-state index contributed by atoms with van der Waals surface area (Å²) in [5.74, 6) is 0.368. The number of ether oxygens (including phenoxy) is 1. The summed E-state index contributed by atoms with van der Waals surface area (Å²) in [6, 6.07) is 8.00. The molecule has 0 unspecified atom stereocenters. The summed E-state index contributed by atoms with van der Waals surface area (Å²) in [6.45, 7) is 2.39. The van der Waals surface area contributed by atoms with Crippen LogP contribution in [0.2, 0.25) is 0 Å². The second-order valence-electron chi connectivity index (χ2n) is 4.38. The van der Waals surface area contributed by atoms with Crippen LogP contribution in [0.4, 0.5) is 0 Å². The van der Waals surface area contributed by atoms with E-state index in [4.69, 9.17) is 9.15 Å². The van der Waals surface area contributed by atoms with Crippen molar-refractivity contribution in [3.63, 3.8) is 0 Å². The SMILES string of the molecule is CCn1ccnc(Oc2ccc3ccc(=O)oc3c2)c1=O. The summed E-state index contributed by atoms with van der Waals surface area (Å²) < 4.78 is 12.1. The molecule has 0 aliphatic heterocycles. The molecule has 0 aliphatic rings. The molecule has 0 saturated carbocycles. The molecule has 21 heavy (non-hydrogen) atoms.